The molecule has 3 nitrogen and oxygen atoms in total. The van der Waals surface area contributed by atoms with Crippen molar-refractivity contribution in [2.75, 3.05) is 0 Å². The molecule has 0 spiro atoms. The molecule has 16 heavy (non-hydrogen) atoms. The number of hydrogen-bond acceptors (Lipinski definition) is 2. The average Bonchev–Trinajstić information content (AvgIpc) is 3.10. The summed E-state index contributed by atoms with van der Waals surface area (Å²) < 4.78 is 0. The molecule has 1 saturated carbocycles. The highest BCUT2D eigenvalue weighted by molar-refractivity contribution is 5.74. The Morgan fingerprint density at radius 1 is 1.38 bits per heavy atom. The minimum absolute atomic E-state index is 0.0860. The first-order valence-corrected chi connectivity index (χ1v) is 5.72. The van der Waals surface area contributed by atoms with Gasteiger partial charge in [0.25, 0.3) is 0 Å². The summed E-state index contributed by atoms with van der Waals surface area (Å²) in [7, 11) is 0. The zero-order valence-electron chi connectivity index (χ0n) is 9.39. The predicted octanol–water partition coefficient (Wildman–Crippen LogP) is 2.20. The van der Waals surface area contributed by atoms with Gasteiger partial charge in [-0.1, -0.05) is 30.3 Å². The molecule has 1 aliphatic rings. The van der Waals surface area contributed by atoms with E-state index in [-0.39, 0.29) is 6.04 Å². The first-order valence-electron chi connectivity index (χ1n) is 5.72. The van der Waals surface area contributed by atoms with Crippen molar-refractivity contribution < 1.29 is 9.90 Å². The Hall–Kier alpha value is -1.35. The topological polar surface area (TPSA) is 49.3 Å². The smallest absolute Gasteiger partial charge is 0.320 e. The fourth-order valence-electron chi connectivity index (χ4n) is 1.95. The quantitative estimate of drug-likeness (QED) is 0.798. The van der Waals surface area contributed by atoms with Gasteiger partial charge in [-0.2, -0.15) is 0 Å². The highest BCUT2D eigenvalue weighted by Crippen LogP contribution is 2.33. The molecule has 2 N–H and O–H groups in total. The van der Waals surface area contributed by atoms with Crippen LogP contribution in [0.5, 0.6) is 0 Å². The second-order valence-corrected chi connectivity index (χ2v) is 4.45. The van der Waals surface area contributed by atoms with Crippen molar-refractivity contribution in [3.63, 3.8) is 0 Å². The molecular weight excluding hydrogens is 202 g/mol. The average molecular weight is 219 g/mol. The number of carbonyl (C=O) groups is 1. The van der Waals surface area contributed by atoms with E-state index in [1.807, 2.05) is 37.3 Å². The van der Waals surface area contributed by atoms with Crippen LogP contribution in [0.25, 0.3) is 0 Å². The molecule has 1 aromatic rings. The molecule has 0 aliphatic heterocycles. The van der Waals surface area contributed by atoms with Crippen LogP contribution < -0.4 is 5.32 Å². The van der Waals surface area contributed by atoms with Gasteiger partial charge in [0.1, 0.15) is 6.04 Å². The SMILES string of the molecule is C[C@@H](NC(C(=O)O)C1CC1)c1ccccc1. The van der Waals surface area contributed by atoms with Crippen LogP contribution in [0.3, 0.4) is 0 Å². The number of rotatable bonds is 5. The summed E-state index contributed by atoms with van der Waals surface area (Å²) >= 11 is 0. The number of carboxylic acids is 1. The van der Waals surface area contributed by atoms with E-state index in [0.29, 0.717) is 5.92 Å². The molecule has 2 rings (SSSR count). The van der Waals surface area contributed by atoms with Gasteiger partial charge in [0.05, 0.1) is 0 Å². The zero-order chi connectivity index (χ0) is 11.5. The minimum atomic E-state index is -0.731. The molecule has 0 radical (unpaired) electrons. The fraction of sp³-hybridized carbons (Fsp3) is 0.462. The summed E-state index contributed by atoms with van der Waals surface area (Å²) in [6.07, 6.45) is 2.07. The molecule has 2 atom stereocenters. The lowest BCUT2D eigenvalue weighted by Crippen LogP contribution is -2.39. The Bertz CT molecular complexity index is 359. The van der Waals surface area contributed by atoms with E-state index in [0.717, 1.165) is 18.4 Å². The van der Waals surface area contributed by atoms with Gasteiger partial charge in [0, 0.05) is 6.04 Å². The summed E-state index contributed by atoms with van der Waals surface area (Å²) in [4.78, 5) is 11.1. The summed E-state index contributed by atoms with van der Waals surface area (Å²) in [6, 6.07) is 9.64. The summed E-state index contributed by atoms with van der Waals surface area (Å²) in [5.41, 5.74) is 1.13. The van der Waals surface area contributed by atoms with E-state index in [2.05, 4.69) is 5.32 Å². The third-order valence-electron chi connectivity index (χ3n) is 3.09. The van der Waals surface area contributed by atoms with Crippen LogP contribution in [-0.4, -0.2) is 17.1 Å². The molecule has 0 saturated heterocycles. The van der Waals surface area contributed by atoms with Gasteiger partial charge in [0.2, 0.25) is 0 Å². The predicted molar refractivity (Wildman–Crippen MR) is 62.1 cm³/mol. The molecule has 86 valence electrons. The van der Waals surface area contributed by atoms with Crippen molar-refractivity contribution in [3.8, 4) is 0 Å². The van der Waals surface area contributed by atoms with Crippen molar-refractivity contribution in [2.24, 2.45) is 5.92 Å². The van der Waals surface area contributed by atoms with Crippen LogP contribution in [0, 0.1) is 5.92 Å². The number of hydrogen-bond donors (Lipinski definition) is 2. The molecule has 0 aromatic heterocycles. The van der Waals surface area contributed by atoms with Crippen LogP contribution >= 0.6 is 0 Å². The Kier molecular flexibility index (Phi) is 3.25. The lowest BCUT2D eigenvalue weighted by molar-refractivity contribution is -0.140. The van der Waals surface area contributed by atoms with E-state index in [9.17, 15) is 4.79 Å². The molecule has 1 aromatic carbocycles. The number of aliphatic carboxylic acids is 1. The lowest BCUT2D eigenvalue weighted by Gasteiger charge is -2.20. The van der Waals surface area contributed by atoms with Gasteiger partial charge in [-0.25, -0.2) is 0 Å². The number of carboxylic acid groups (broad SMARTS) is 1. The zero-order valence-corrected chi connectivity index (χ0v) is 9.39. The first kappa shape index (κ1) is 11.1. The maximum atomic E-state index is 11.1. The highest BCUT2D eigenvalue weighted by Gasteiger charge is 2.36. The van der Waals surface area contributed by atoms with Crippen molar-refractivity contribution >= 4 is 5.97 Å². The summed E-state index contributed by atoms with van der Waals surface area (Å²) in [5, 5.41) is 12.3. The number of nitrogens with one attached hydrogen (secondary N) is 1. The Morgan fingerprint density at radius 2 is 2.00 bits per heavy atom. The van der Waals surface area contributed by atoms with Gasteiger partial charge in [-0.05, 0) is 31.2 Å². The van der Waals surface area contributed by atoms with Crippen LogP contribution in [0.15, 0.2) is 30.3 Å². The molecule has 0 amide bonds. The van der Waals surface area contributed by atoms with Gasteiger partial charge < -0.3 is 5.11 Å². The molecule has 3 heteroatoms. The standard InChI is InChI=1S/C13H17NO2/c1-9(10-5-3-2-4-6-10)14-12(13(15)16)11-7-8-11/h2-6,9,11-12,14H,7-8H2,1H3,(H,15,16)/t9-,12?/m1/s1. The van der Waals surface area contributed by atoms with Gasteiger partial charge in [-0.15, -0.1) is 0 Å². The first-order chi connectivity index (χ1) is 7.68. The van der Waals surface area contributed by atoms with Crippen LogP contribution in [0.1, 0.15) is 31.4 Å². The second-order valence-electron chi connectivity index (χ2n) is 4.45. The summed E-state index contributed by atoms with van der Waals surface area (Å²) in [6.45, 7) is 2.01. The van der Waals surface area contributed by atoms with E-state index in [4.69, 9.17) is 5.11 Å². The third-order valence-corrected chi connectivity index (χ3v) is 3.09. The van der Waals surface area contributed by atoms with Crippen LogP contribution in [-0.2, 0) is 4.79 Å². The normalized spacial score (nSPS) is 19.1. The van der Waals surface area contributed by atoms with Crippen LogP contribution in [0.4, 0.5) is 0 Å². The van der Waals surface area contributed by atoms with Gasteiger partial charge in [0.15, 0.2) is 0 Å². The lowest BCUT2D eigenvalue weighted by atomic mass is 10.1. The maximum Gasteiger partial charge on any atom is 0.320 e. The number of benzene rings is 1. The van der Waals surface area contributed by atoms with E-state index >= 15 is 0 Å². The van der Waals surface area contributed by atoms with E-state index in [1.165, 1.54) is 0 Å². The van der Waals surface area contributed by atoms with Crippen molar-refractivity contribution in [1.82, 2.24) is 5.32 Å². The maximum absolute atomic E-state index is 11.1. The molecular formula is C13H17NO2. The Labute approximate surface area is 95.5 Å². The minimum Gasteiger partial charge on any atom is -0.480 e. The van der Waals surface area contributed by atoms with Crippen molar-refractivity contribution in [2.45, 2.75) is 31.8 Å². The second kappa shape index (κ2) is 4.66. The summed E-state index contributed by atoms with van der Waals surface area (Å²) in [5.74, 6) is -0.408. The third kappa shape index (κ3) is 2.61. The van der Waals surface area contributed by atoms with E-state index in [1.54, 1.807) is 0 Å². The molecule has 0 heterocycles. The van der Waals surface area contributed by atoms with Crippen molar-refractivity contribution in [1.29, 1.82) is 0 Å². The van der Waals surface area contributed by atoms with Crippen LogP contribution in [0.2, 0.25) is 0 Å². The van der Waals surface area contributed by atoms with Gasteiger partial charge >= 0.3 is 5.97 Å². The Balaban J connectivity index is 2.00. The molecule has 1 unspecified atom stereocenters. The van der Waals surface area contributed by atoms with Crippen molar-refractivity contribution in [3.05, 3.63) is 35.9 Å². The van der Waals surface area contributed by atoms with Gasteiger partial charge in [-0.3, -0.25) is 10.1 Å². The monoisotopic (exact) mass is 219 g/mol. The fourth-order valence-corrected chi connectivity index (χ4v) is 1.95. The molecule has 0 bridgehead atoms. The van der Waals surface area contributed by atoms with E-state index < -0.39 is 12.0 Å². The Morgan fingerprint density at radius 3 is 2.50 bits per heavy atom. The molecule has 1 aliphatic carbocycles. The largest absolute Gasteiger partial charge is 0.480 e. The molecule has 1 fully saturated rings. The highest BCUT2D eigenvalue weighted by atomic mass is 16.4.